The van der Waals surface area contributed by atoms with Gasteiger partial charge in [0.15, 0.2) is 0 Å². The third-order valence-electron chi connectivity index (χ3n) is 6.44. The Balaban J connectivity index is 1.89. The molecule has 0 unspecified atom stereocenters. The zero-order valence-electron chi connectivity index (χ0n) is 20.8. The average Bonchev–Trinajstić information content (AvgIpc) is 3.29. The van der Waals surface area contributed by atoms with Crippen LogP contribution >= 0.6 is 11.6 Å². The topological polar surface area (TPSA) is 86.8 Å². The minimum absolute atomic E-state index is 0.111. The Morgan fingerprint density at radius 1 is 1.09 bits per heavy atom. The maximum atomic E-state index is 13.6. The SMILES string of the molecule is Cc1ccc(N(CC(=O)N(Cc2ccc(Cl)cc2)[C@@H](C)C(=O)NC2CCCC2)S(C)(=O)=O)c(C)c1. The van der Waals surface area contributed by atoms with E-state index in [0.29, 0.717) is 10.7 Å². The van der Waals surface area contributed by atoms with E-state index in [1.165, 1.54) is 4.90 Å². The molecule has 2 amide bonds. The summed E-state index contributed by atoms with van der Waals surface area (Å²) in [6.45, 7) is 5.16. The Hall–Kier alpha value is -2.58. The highest BCUT2D eigenvalue weighted by molar-refractivity contribution is 7.92. The quantitative estimate of drug-likeness (QED) is 0.538. The third kappa shape index (κ3) is 7.21. The van der Waals surface area contributed by atoms with E-state index in [4.69, 9.17) is 11.6 Å². The van der Waals surface area contributed by atoms with E-state index in [1.807, 2.05) is 26.0 Å². The summed E-state index contributed by atoms with van der Waals surface area (Å²) in [7, 11) is -3.76. The normalized spacial score (nSPS) is 15.0. The van der Waals surface area contributed by atoms with Gasteiger partial charge in [-0.1, -0.05) is 54.3 Å². The van der Waals surface area contributed by atoms with Crippen molar-refractivity contribution >= 4 is 39.1 Å². The fourth-order valence-corrected chi connectivity index (χ4v) is 5.47. The van der Waals surface area contributed by atoms with Crippen molar-refractivity contribution in [2.45, 2.75) is 65.1 Å². The number of carbonyl (C=O) groups excluding carboxylic acids is 2. The van der Waals surface area contributed by atoms with E-state index in [9.17, 15) is 18.0 Å². The van der Waals surface area contributed by atoms with Crippen LogP contribution < -0.4 is 9.62 Å². The fourth-order valence-electron chi connectivity index (χ4n) is 4.44. The lowest BCUT2D eigenvalue weighted by molar-refractivity contribution is -0.139. The van der Waals surface area contributed by atoms with Crippen molar-refractivity contribution in [3.05, 3.63) is 64.2 Å². The lowest BCUT2D eigenvalue weighted by Gasteiger charge is -2.32. The van der Waals surface area contributed by atoms with Crippen LogP contribution in [0.3, 0.4) is 0 Å². The summed E-state index contributed by atoms with van der Waals surface area (Å²) >= 11 is 6.01. The predicted molar refractivity (Wildman–Crippen MR) is 140 cm³/mol. The standard InChI is InChI=1S/C26H34ClN3O4S/c1-18-9-14-24(19(2)15-18)30(35(4,33)34)17-25(31)29(16-21-10-12-22(27)13-11-21)20(3)26(32)28-23-7-5-6-8-23/h9-15,20,23H,5-8,16-17H2,1-4H3,(H,28,32)/t20-/m0/s1. The van der Waals surface area contributed by atoms with E-state index in [2.05, 4.69) is 5.32 Å². The predicted octanol–water partition coefficient (Wildman–Crippen LogP) is 4.20. The molecule has 35 heavy (non-hydrogen) atoms. The van der Waals surface area contributed by atoms with Crippen LogP contribution in [0.15, 0.2) is 42.5 Å². The van der Waals surface area contributed by atoms with Gasteiger partial charge in [0.05, 0.1) is 11.9 Å². The zero-order chi connectivity index (χ0) is 25.8. The Morgan fingerprint density at radius 2 is 1.71 bits per heavy atom. The molecule has 1 fully saturated rings. The molecule has 0 heterocycles. The Morgan fingerprint density at radius 3 is 2.29 bits per heavy atom. The Bertz CT molecular complexity index is 1160. The summed E-state index contributed by atoms with van der Waals surface area (Å²) in [4.78, 5) is 28.1. The molecule has 0 spiro atoms. The molecule has 0 aliphatic heterocycles. The molecular formula is C26H34ClN3O4S. The van der Waals surface area contributed by atoms with Crippen LogP contribution in [0.2, 0.25) is 5.02 Å². The summed E-state index contributed by atoms with van der Waals surface area (Å²) in [6.07, 6.45) is 5.09. The van der Waals surface area contributed by atoms with Gasteiger partial charge in [-0.3, -0.25) is 13.9 Å². The molecule has 1 aliphatic rings. The summed E-state index contributed by atoms with van der Waals surface area (Å²) in [6, 6.07) is 11.8. The van der Waals surface area contributed by atoms with Crippen LogP contribution in [0.4, 0.5) is 5.69 Å². The Kier molecular flexibility index (Phi) is 8.83. The highest BCUT2D eigenvalue weighted by Crippen LogP contribution is 2.25. The first-order chi connectivity index (χ1) is 16.5. The van der Waals surface area contributed by atoms with Crippen molar-refractivity contribution in [1.82, 2.24) is 10.2 Å². The van der Waals surface area contributed by atoms with E-state index < -0.39 is 28.5 Å². The number of benzene rings is 2. The lowest BCUT2D eigenvalue weighted by Crippen LogP contribution is -2.52. The number of sulfonamides is 1. The summed E-state index contributed by atoms with van der Waals surface area (Å²) in [5, 5.41) is 3.62. The van der Waals surface area contributed by atoms with Gasteiger partial charge >= 0.3 is 0 Å². The number of amides is 2. The van der Waals surface area contributed by atoms with Crippen molar-refractivity contribution in [3.8, 4) is 0 Å². The molecule has 7 nitrogen and oxygen atoms in total. The first kappa shape index (κ1) is 27.0. The molecule has 0 saturated heterocycles. The maximum absolute atomic E-state index is 13.6. The number of aryl methyl sites for hydroxylation is 2. The van der Waals surface area contributed by atoms with Gasteiger partial charge in [-0.2, -0.15) is 0 Å². The number of anilines is 1. The van der Waals surface area contributed by atoms with Crippen molar-refractivity contribution in [2.75, 3.05) is 17.1 Å². The second-order valence-electron chi connectivity index (χ2n) is 9.37. The number of hydrogen-bond acceptors (Lipinski definition) is 4. The van der Waals surface area contributed by atoms with Crippen LogP contribution in [0.1, 0.15) is 49.3 Å². The fraction of sp³-hybridized carbons (Fsp3) is 0.462. The minimum atomic E-state index is -3.76. The van der Waals surface area contributed by atoms with Gasteiger partial charge in [0.2, 0.25) is 21.8 Å². The van der Waals surface area contributed by atoms with Crippen molar-refractivity contribution < 1.29 is 18.0 Å². The van der Waals surface area contributed by atoms with E-state index in [0.717, 1.165) is 52.9 Å². The van der Waals surface area contributed by atoms with Crippen molar-refractivity contribution in [3.63, 3.8) is 0 Å². The molecule has 1 aliphatic carbocycles. The largest absolute Gasteiger partial charge is 0.352 e. The van der Waals surface area contributed by atoms with Crippen LogP contribution in [0.25, 0.3) is 0 Å². The number of hydrogen-bond donors (Lipinski definition) is 1. The van der Waals surface area contributed by atoms with E-state index in [1.54, 1.807) is 37.3 Å². The number of carbonyl (C=O) groups is 2. The highest BCUT2D eigenvalue weighted by atomic mass is 35.5. The molecule has 0 bridgehead atoms. The third-order valence-corrected chi connectivity index (χ3v) is 7.81. The summed E-state index contributed by atoms with van der Waals surface area (Å²) in [5.41, 5.74) is 2.98. The molecule has 1 atom stereocenters. The molecule has 1 saturated carbocycles. The molecule has 190 valence electrons. The average molecular weight is 520 g/mol. The number of nitrogens with zero attached hydrogens (tertiary/aromatic N) is 2. The van der Waals surface area contributed by atoms with Gasteiger partial charge in [-0.25, -0.2) is 8.42 Å². The monoisotopic (exact) mass is 519 g/mol. The first-order valence-electron chi connectivity index (χ1n) is 11.8. The first-order valence-corrected chi connectivity index (χ1v) is 14.1. The molecule has 0 radical (unpaired) electrons. The molecule has 2 aromatic carbocycles. The zero-order valence-corrected chi connectivity index (χ0v) is 22.3. The van der Waals surface area contributed by atoms with Gasteiger partial charge in [0.1, 0.15) is 12.6 Å². The number of rotatable bonds is 9. The second-order valence-corrected chi connectivity index (χ2v) is 11.7. The van der Waals surface area contributed by atoms with Crippen molar-refractivity contribution in [2.24, 2.45) is 0 Å². The van der Waals surface area contributed by atoms with Crippen LogP contribution in [0.5, 0.6) is 0 Å². The lowest BCUT2D eigenvalue weighted by atomic mass is 10.1. The number of nitrogens with one attached hydrogen (secondary N) is 1. The van der Waals surface area contributed by atoms with Gasteiger partial charge in [0.25, 0.3) is 0 Å². The Labute approximate surface area is 213 Å². The second kappa shape index (κ2) is 11.4. The molecule has 3 rings (SSSR count). The number of halogens is 1. The van der Waals surface area contributed by atoms with Gasteiger partial charge in [-0.05, 0) is 62.9 Å². The van der Waals surface area contributed by atoms with Gasteiger partial charge < -0.3 is 10.2 Å². The smallest absolute Gasteiger partial charge is 0.244 e. The minimum Gasteiger partial charge on any atom is -0.352 e. The molecule has 2 aromatic rings. The van der Waals surface area contributed by atoms with Gasteiger partial charge in [-0.15, -0.1) is 0 Å². The van der Waals surface area contributed by atoms with Gasteiger partial charge in [0, 0.05) is 17.6 Å². The van der Waals surface area contributed by atoms with Crippen LogP contribution in [0, 0.1) is 13.8 Å². The van der Waals surface area contributed by atoms with E-state index in [-0.39, 0.29) is 18.5 Å². The summed E-state index contributed by atoms with van der Waals surface area (Å²) in [5.74, 6) is -0.698. The highest BCUT2D eigenvalue weighted by Gasteiger charge is 2.31. The van der Waals surface area contributed by atoms with E-state index >= 15 is 0 Å². The molecule has 9 heteroatoms. The van der Waals surface area contributed by atoms with Crippen molar-refractivity contribution in [1.29, 1.82) is 0 Å². The molecule has 1 N–H and O–H groups in total. The maximum Gasteiger partial charge on any atom is 0.244 e. The molecular weight excluding hydrogens is 486 g/mol. The molecule has 0 aromatic heterocycles. The summed E-state index contributed by atoms with van der Waals surface area (Å²) < 4.78 is 26.5. The van der Waals surface area contributed by atoms with Crippen LogP contribution in [-0.4, -0.2) is 50.0 Å². The van der Waals surface area contributed by atoms with Crippen LogP contribution in [-0.2, 0) is 26.2 Å².